The van der Waals surface area contributed by atoms with Crippen molar-refractivity contribution < 1.29 is 9.53 Å². The number of carbonyl (C=O) groups is 1. The van der Waals surface area contributed by atoms with Crippen molar-refractivity contribution in [2.45, 2.75) is 39.5 Å². The number of ether oxygens (including phenoxy) is 1. The van der Waals surface area contributed by atoms with Crippen molar-refractivity contribution in [2.75, 3.05) is 7.11 Å². The van der Waals surface area contributed by atoms with E-state index in [1.807, 2.05) is 38.1 Å². The molecular weight excluding hydrogens is 288 g/mol. The average molecular weight is 310 g/mol. The summed E-state index contributed by atoms with van der Waals surface area (Å²) in [5.74, 6) is -0.778. The van der Waals surface area contributed by atoms with Crippen molar-refractivity contribution in [1.82, 2.24) is 5.32 Å². The Morgan fingerprint density at radius 3 is 2.48 bits per heavy atom. The average Bonchev–Trinajstić information content (AvgIpc) is 2.54. The van der Waals surface area contributed by atoms with Crippen LogP contribution in [0.25, 0.3) is 0 Å². The molecule has 1 aliphatic heterocycles. The van der Waals surface area contributed by atoms with E-state index in [4.69, 9.17) is 4.74 Å². The van der Waals surface area contributed by atoms with Crippen LogP contribution < -0.4 is 5.32 Å². The van der Waals surface area contributed by atoms with Crippen molar-refractivity contribution in [1.29, 1.82) is 5.26 Å². The first-order valence-electron chi connectivity index (χ1n) is 7.79. The van der Waals surface area contributed by atoms with E-state index in [0.717, 1.165) is 35.4 Å². The van der Waals surface area contributed by atoms with Crippen LogP contribution in [-0.2, 0) is 9.53 Å². The lowest BCUT2D eigenvalue weighted by atomic mass is 9.80. The molecule has 2 rings (SSSR count). The Hall–Kier alpha value is -2.54. The van der Waals surface area contributed by atoms with Gasteiger partial charge in [0.2, 0.25) is 0 Å². The third kappa shape index (κ3) is 3.29. The minimum atomic E-state index is -0.399. The van der Waals surface area contributed by atoms with Crippen molar-refractivity contribution in [2.24, 2.45) is 0 Å². The predicted molar refractivity (Wildman–Crippen MR) is 89.3 cm³/mol. The molecule has 1 aromatic rings. The first kappa shape index (κ1) is 16.8. The van der Waals surface area contributed by atoms with E-state index < -0.39 is 5.97 Å². The van der Waals surface area contributed by atoms with E-state index in [0.29, 0.717) is 11.1 Å². The molecule has 0 aromatic heterocycles. The fourth-order valence-corrected chi connectivity index (χ4v) is 2.95. The van der Waals surface area contributed by atoms with Gasteiger partial charge in [-0.3, -0.25) is 0 Å². The summed E-state index contributed by atoms with van der Waals surface area (Å²) >= 11 is 0. The van der Waals surface area contributed by atoms with Crippen LogP contribution in [0.3, 0.4) is 0 Å². The summed E-state index contributed by atoms with van der Waals surface area (Å²) in [4.78, 5) is 12.3. The molecule has 0 spiro atoms. The fourth-order valence-electron chi connectivity index (χ4n) is 2.95. The van der Waals surface area contributed by atoms with E-state index in [2.05, 4.69) is 18.3 Å². The van der Waals surface area contributed by atoms with Crippen LogP contribution in [0.4, 0.5) is 0 Å². The van der Waals surface area contributed by atoms with E-state index in [1.165, 1.54) is 7.11 Å². The Bertz CT molecular complexity index is 706. The number of nitrogens with zero attached hydrogens (tertiary/aromatic N) is 1. The van der Waals surface area contributed by atoms with Gasteiger partial charge in [0.15, 0.2) is 0 Å². The zero-order valence-electron chi connectivity index (χ0n) is 14.1. The molecule has 1 atom stereocenters. The number of hydrogen-bond acceptors (Lipinski definition) is 4. The summed E-state index contributed by atoms with van der Waals surface area (Å²) in [5, 5.41) is 12.9. The van der Waals surface area contributed by atoms with E-state index >= 15 is 0 Å². The van der Waals surface area contributed by atoms with Gasteiger partial charge in [-0.05, 0) is 25.8 Å². The number of nitriles is 1. The molecule has 0 aliphatic carbocycles. The molecule has 1 heterocycles. The summed E-state index contributed by atoms with van der Waals surface area (Å²) in [6, 6.07) is 10.2. The fraction of sp³-hybridized carbons (Fsp3) is 0.368. The van der Waals surface area contributed by atoms with Crippen LogP contribution in [0.15, 0.2) is 46.8 Å². The minimum Gasteiger partial charge on any atom is -0.466 e. The Kier molecular flexibility index (Phi) is 5.23. The van der Waals surface area contributed by atoms with E-state index in [-0.39, 0.29) is 5.92 Å². The van der Waals surface area contributed by atoms with Crippen molar-refractivity contribution in [3.8, 4) is 6.07 Å². The molecule has 1 N–H and O–H groups in total. The summed E-state index contributed by atoms with van der Waals surface area (Å²) in [6.07, 6.45) is 1.70. The molecule has 0 fully saturated rings. The van der Waals surface area contributed by atoms with Gasteiger partial charge in [0, 0.05) is 11.4 Å². The number of methoxy groups -OCH3 is 1. The van der Waals surface area contributed by atoms with Crippen LogP contribution in [0, 0.1) is 18.3 Å². The van der Waals surface area contributed by atoms with Gasteiger partial charge in [-0.1, -0.05) is 43.2 Å². The van der Waals surface area contributed by atoms with Crippen molar-refractivity contribution >= 4 is 5.97 Å². The normalized spacial score (nSPS) is 17.6. The molecule has 4 heteroatoms. The number of hydrogen-bond donors (Lipinski definition) is 1. The summed E-state index contributed by atoms with van der Waals surface area (Å²) in [5.41, 5.74) is 4.83. The maximum Gasteiger partial charge on any atom is 0.336 e. The Morgan fingerprint density at radius 2 is 1.96 bits per heavy atom. The van der Waals surface area contributed by atoms with Crippen molar-refractivity contribution in [3.63, 3.8) is 0 Å². The van der Waals surface area contributed by atoms with Crippen LogP contribution in [-0.4, -0.2) is 13.1 Å². The second kappa shape index (κ2) is 7.15. The quantitative estimate of drug-likeness (QED) is 0.861. The Morgan fingerprint density at radius 1 is 1.30 bits per heavy atom. The smallest absolute Gasteiger partial charge is 0.336 e. The highest BCUT2D eigenvalue weighted by molar-refractivity contribution is 5.93. The lowest BCUT2D eigenvalue weighted by Gasteiger charge is -2.29. The van der Waals surface area contributed by atoms with E-state index in [1.54, 1.807) is 0 Å². The van der Waals surface area contributed by atoms with Crippen LogP contribution in [0.1, 0.15) is 43.7 Å². The van der Waals surface area contributed by atoms with Crippen LogP contribution in [0.5, 0.6) is 0 Å². The molecule has 120 valence electrons. The SMILES string of the molecule is CCCC1=C(C#N)C(c2ccc(C)cc2)C(C(=O)OC)=C(C)N1. The van der Waals surface area contributed by atoms with Crippen LogP contribution in [0.2, 0.25) is 0 Å². The predicted octanol–water partition coefficient (Wildman–Crippen LogP) is 3.71. The standard InChI is InChI=1S/C19H22N2O2/c1-5-6-16-15(11-20)18(14-9-7-12(2)8-10-14)17(13(3)21-16)19(22)23-4/h7-10,18,21H,5-6H2,1-4H3. The van der Waals surface area contributed by atoms with Gasteiger partial charge in [0.05, 0.1) is 30.2 Å². The summed E-state index contributed by atoms with van der Waals surface area (Å²) < 4.78 is 4.95. The lowest BCUT2D eigenvalue weighted by molar-refractivity contribution is -0.136. The van der Waals surface area contributed by atoms with Gasteiger partial charge in [-0.2, -0.15) is 5.26 Å². The zero-order chi connectivity index (χ0) is 17.0. The second-order valence-corrected chi connectivity index (χ2v) is 5.75. The van der Waals surface area contributed by atoms with Crippen molar-refractivity contribution in [3.05, 3.63) is 57.9 Å². The molecule has 0 radical (unpaired) electrons. The first-order chi connectivity index (χ1) is 11.0. The van der Waals surface area contributed by atoms with Gasteiger partial charge in [-0.15, -0.1) is 0 Å². The monoisotopic (exact) mass is 310 g/mol. The minimum absolute atomic E-state index is 0.379. The first-order valence-corrected chi connectivity index (χ1v) is 7.79. The topological polar surface area (TPSA) is 62.1 Å². The molecule has 0 saturated heterocycles. The third-order valence-corrected chi connectivity index (χ3v) is 4.08. The number of nitrogens with one attached hydrogen (secondary N) is 1. The number of carbonyl (C=O) groups excluding carboxylic acids is 1. The molecule has 0 saturated carbocycles. The molecule has 1 aliphatic rings. The third-order valence-electron chi connectivity index (χ3n) is 4.08. The highest BCUT2D eigenvalue weighted by atomic mass is 16.5. The van der Waals surface area contributed by atoms with Gasteiger partial charge >= 0.3 is 5.97 Å². The maximum absolute atomic E-state index is 12.3. The molecule has 4 nitrogen and oxygen atoms in total. The number of esters is 1. The second-order valence-electron chi connectivity index (χ2n) is 5.75. The number of benzene rings is 1. The number of allylic oxidation sites excluding steroid dienone is 3. The number of rotatable bonds is 4. The highest BCUT2D eigenvalue weighted by Gasteiger charge is 2.34. The zero-order valence-corrected chi connectivity index (χ0v) is 14.1. The van der Waals surface area contributed by atoms with E-state index in [9.17, 15) is 10.1 Å². The molecule has 23 heavy (non-hydrogen) atoms. The van der Waals surface area contributed by atoms with Crippen LogP contribution >= 0.6 is 0 Å². The highest BCUT2D eigenvalue weighted by Crippen LogP contribution is 2.39. The molecule has 0 bridgehead atoms. The lowest BCUT2D eigenvalue weighted by Crippen LogP contribution is -2.29. The molecule has 1 aromatic carbocycles. The maximum atomic E-state index is 12.3. The molecular formula is C19H22N2O2. The summed E-state index contributed by atoms with van der Waals surface area (Å²) in [7, 11) is 1.37. The van der Waals surface area contributed by atoms with Gasteiger partial charge in [-0.25, -0.2) is 4.79 Å². The Labute approximate surface area is 137 Å². The van der Waals surface area contributed by atoms with Gasteiger partial charge in [0.25, 0.3) is 0 Å². The summed E-state index contributed by atoms with van der Waals surface area (Å²) in [6.45, 7) is 5.94. The van der Waals surface area contributed by atoms with Gasteiger partial charge in [0.1, 0.15) is 0 Å². The molecule has 0 amide bonds. The largest absolute Gasteiger partial charge is 0.466 e. The number of aryl methyl sites for hydroxylation is 1. The number of dihydropyridines is 1. The van der Waals surface area contributed by atoms with Gasteiger partial charge < -0.3 is 10.1 Å². The Balaban J connectivity index is 2.63. The molecule has 1 unspecified atom stereocenters.